The quantitative estimate of drug-likeness (QED) is 0.612. The molecule has 142 valence electrons. The number of aromatic hydroxyl groups is 2. The first-order valence-corrected chi connectivity index (χ1v) is 8.82. The van der Waals surface area contributed by atoms with E-state index < -0.39 is 34.9 Å². The zero-order valence-corrected chi connectivity index (χ0v) is 15.2. The SMILES string of the molecule is CCCCOC1(C)CC2C(=O)c3c(O)c(OC)cc(O)c3C(=O)C2CO1. The molecule has 0 spiro atoms. The number of benzene rings is 1. The number of carbonyl (C=O) groups is 2. The number of hydrogen-bond acceptors (Lipinski definition) is 7. The van der Waals surface area contributed by atoms with Crippen molar-refractivity contribution in [3.63, 3.8) is 0 Å². The molecule has 0 aromatic heterocycles. The van der Waals surface area contributed by atoms with E-state index in [1.165, 1.54) is 7.11 Å². The summed E-state index contributed by atoms with van der Waals surface area (Å²) >= 11 is 0. The van der Waals surface area contributed by atoms with Crippen molar-refractivity contribution in [1.82, 2.24) is 0 Å². The minimum absolute atomic E-state index is 0.0313. The Labute approximate surface area is 151 Å². The van der Waals surface area contributed by atoms with Crippen LogP contribution in [0.3, 0.4) is 0 Å². The van der Waals surface area contributed by atoms with Gasteiger partial charge in [0, 0.05) is 25.0 Å². The van der Waals surface area contributed by atoms with Crippen LogP contribution >= 0.6 is 0 Å². The Morgan fingerprint density at radius 2 is 1.92 bits per heavy atom. The summed E-state index contributed by atoms with van der Waals surface area (Å²) in [7, 11) is 1.31. The van der Waals surface area contributed by atoms with Gasteiger partial charge in [-0.2, -0.15) is 0 Å². The Hall–Kier alpha value is -2.12. The molecule has 1 aromatic rings. The first kappa shape index (κ1) is 18.7. The first-order valence-electron chi connectivity index (χ1n) is 8.82. The van der Waals surface area contributed by atoms with Crippen LogP contribution in [0.25, 0.3) is 0 Å². The standard InChI is InChI=1S/C19H24O7/c1-4-5-6-25-19(2)8-10-11(9-26-19)17(22)14-12(20)7-13(24-3)18(23)15(14)16(10)21/h7,10-11,20,23H,4-6,8-9H2,1-3H3. The van der Waals surface area contributed by atoms with Crippen LogP contribution < -0.4 is 4.74 Å². The molecule has 3 atom stereocenters. The largest absolute Gasteiger partial charge is 0.507 e. The zero-order valence-electron chi connectivity index (χ0n) is 15.2. The summed E-state index contributed by atoms with van der Waals surface area (Å²) in [6.45, 7) is 4.34. The number of ketones is 2. The summed E-state index contributed by atoms with van der Waals surface area (Å²) in [5.41, 5.74) is -0.334. The zero-order chi connectivity index (χ0) is 19.1. The van der Waals surface area contributed by atoms with Crippen molar-refractivity contribution in [1.29, 1.82) is 0 Å². The molecule has 0 amide bonds. The van der Waals surface area contributed by atoms with Crippen LogP contribution in [0, 0.1) is 11.8 Å². The van der Waals surface area contributed by atoms with E-state index in [2.05, 4.69) is 0 Å². The summed E-state index contributed by atoms with van der Waals surface area (Å²) < 4.78 is 16.6. The highest BCUT2D eigenvalue weighted by molar-refractivity contribution is 6.19. The number of hydrogen-bond donors (Lipinski definition) is 2. The second kappa shape index (κ2) is 6.89. The van der Waals surface area contributed by atoms with Crippen LogP contribution in [0.15, 0.2) is 6.07 Å². The van der Waals surface area contributed by atoms with E-state index in [1.807, 2.05) is 6.92 Å². The molecule has 1 aromatic carbocycles. The van der Waals surface area contributed by atoms with E-state index in [1.54, 1.807) is 6.92 Å². The molecule has 7 heteroatoms. The van der Waals surface area contributed by atoms with Crippen LogP contribution in [0.4, 0.5) is 0 Å². The molecule has 0 radical (unpaired) electrons. The minimum atomic E-state index is -0.958. The molecule has 3 rings (SSSR count). The fourth-order valence-corrected chi connectivity index (χ4v) is 3.70. The van der Waals surface area contributed by atoms with E-state index in [0.717, 1.165) is 18.9 Å². The highest BCUT2D eigenvalue weighted by Gasteiger charge is 2.51. The number of rotatable bonds is 5. The molecule has 0 bridgehead atoms. The summed E-state index contributed by atoms with van der Waals surface area (Å²) in [6, 6.07) is 1.14. The Balaban J connectivity index is 1.97. The highest BCUT2D eigenvalue weighted by Crippen LogP contribution is 2.48. The maximum atomic E-state index is 13.1. The van der Waals surface area contributed by atoms with E-state index in [0.29, 0.717) is 6.61 Å². The normalized spacial score (nSPS) is 27.8. The van der Waals surface area contributed by atoms with Gasteiger partial charge in [0.05, 0.1) is 30.8 Å². The number of unbranched alkanes of at least 4 members (excludes halogenated alkanes) is 1. The van der Waals surface area contributed by atoms with Crippen LogP contribution in [0.2, 0.25) is 0 Å². The summed E-state index contributed by atoms with van der Waals surface area (Å²) in [5, 5.41) is 20.6. The van der Waals surface area contributed by atoms with Gasteiger partial charge in [0.1, 0.15) is 5.75 Å². The maximum absolute atomic E-state index is 13.1. The van der Waals surface area contributed by atoms with Gasteiger partial charge in [0.15, 0.2) is 28.9 Å². The van der Waals surface area contributed by atoms with Gasteiger partial charge in [-0.3, -0.25) is 9.59 Å². The lowest BCUT2D eigenvalue weighted by atomic mass is 9.70. The fraction of sp³-hybridized carbons (Fsp3) is 0.579. The van der Waals surface area contributed by atoms with Crippen molar-refractivity contribution in [2.45, 2.75) is 38.9 Å². The molecule has 1 aliphatic carbocycles. The molecule has 1 fully saturated rings. The maximum Gasteiger partial charge on any atom is 0.173 e. The summed E-state index contributed by atoms with van der Waals surface area (Å²) in [4.78, 5) is 25.9. The van der Waals surface area contributed by atoms with Gasteiger partial charge < -0.3 is 24.4 Å². The molecule has 1 heterocycles. The third kappa shape index (κ3) is 2.95. The number of carbonyl (C=O) groups excluding carboxylic acids is 2. The Kier molecular flexibility index (Phi) is 4.94. The van der Waals surface area contributed by atoms with Gasteiger partial charge >= 0.3 is 0 Å². The number of phenols is 2. The number of fused-ring (bicyclic) bond motifs is 2. The predicted molar refractivity (Wildman–Crippen MR) is 91.8 cm³/mol. The highest BCUT2D eigenvalue weighted by atomic mass is 16.7. The molecular formula is C19H24O7. The average Bonchev–Trinajstić information content (AvgIpc) is 2.61. The molecule has 2 N–H and O–H groups in total. The van der Waals surface area contributed by atoms with E-state index in [9.17, 15) is 19.8 Å². The summed E-state index contributed by atoms with van der Waals surface area (Å²) in [6.07, 6.45) is 2.05. The Bertz CT molecular complexity index is 742. The second-order valence-corrected chi connectivity index (χ2v) is 6.99. The lowest BCUT2D eigenvalue weighted by Gasteiger charge is -2.43. The van der Waals surface area contributed by atoms with Crippen molar-refractivity contribution in [2.75, 3.05) is 20.3 Å². The van der Waals surface area contributed by atoms with Gasteiger partial charge in [0.25, 0.3) is 0 Å². The molecule has 1 aliphatic heterocycles. The van der Waals surface area contributed by atoms with Crippen LogP contribution in [-0.2, 0) is 9.47 Å². The third-order valence-corrected chi connectivity index (χ3v) is 5.18. The molecule has 3 unspecified atom stereocenters. The first-order chi connectivity index (χ1) is 12.3. The second-order valence-electron chi connectivity index (χ2n) is 6.99. The fourth-order valence-electron chi connectivity index (χ4n) is 3.70. The smallest absolute Gasteiger partial charge is 0.173 e. The Morgan fingerprint density at radius 3 is 2.58 bits per heavy atom. The van der Waals surface area contributed by atoms with Gasteiger partial charge in [-0.1, -0.05) is 13.3 Å². The van der Waals surface area contributed by atoms with Gasteiger partial charge in [0.2, 0.25) is 0 Å². The lowest BCUT2D eigenvalue weighted by molar-refractivity contribution is -0.257. The van der Waals surface area contributed by atoms with E-state index in [4.69, 9.17) is 14.2 Å². The average molecular weight is 364 g/mol. The molecule has 2 aliphatic rings. The van der Waals surface area contributed by atoms with Crippen LogP contribution in [0.1, 0.15) is 53.8 Å². The van der Waals surface area contributed by atoms with Crippen molar-refractivity contribution in [3.8, 4) is 17.2 Å². The summed E-state index contributed by atoms with van der Waals surface area (Å²) in [5.74, 6) is -3.98. The number of methoxy groups -OCH3 is 1. The number of Topliss-reactive ketones (excluding diaryl/α,β-unsaturated/α-hetero) is 2. The minimum Gasteiger partial charge on any atom is -0.507 e. The molecule has 26 heavy (non-hydrogen) atoms. The molecule has 1 saturated heterocycles. The molecule has 7 nitrogen and oxygen atoms in total. The monoisotopic (exact) mass is 364 g/mol. The lowest BCUT2D eigenvalue weighted by Crippen LogP contribution is -2.51. The van der Waals surface area contributed by atoms with Gasteiger partial charge in [-0.05, 0) is 13.3 Å². The van der Waals surface area contributed by atoms with Crippen LogP contribution in [0.5, 0.6) is 17.2 Å². The number of phenolic OH excluding ortho intramolecular Hbond substituents is 2. The topological polar surface area (TPSA) is 102 Å². The van der Waals surface area contributed by atoms with Crippen LogP contribution in [-0.4, -0.2) is 47.9 Å². The molecule has 0 saturated carbocycles. The van der Waals surface area contributed by atoms with E-state index >= 15 is 0 Å². The van der Waals surface area contributed by atoms with Crippen molar-refractivity contribution in [2.24, 2.45) is 11.8 Å². The van der Waals surface area contributed by atoms with Crippen molar-refractivity contribution >= 4 is 11.6 Å². The Morgan fingerprint density at radius 1 is 1.23 bits per heavy atom. The van der Waals surface area contributed by atoms with Gasteiger partial charge in [-0.25, -0.2) is 0 Å². The van der Waals surface area contributed by atoms with E-state index in [-0.39, 0.29) is 35.7 Å². The molecular weight excluding hydrogens is 340 g/mol. The van der Waals surface area contributed by atoms with Crippen molar-refractivity contribution in [3.05, 3.63) is 17.2 Å². The van der Waals surface area contributed by atoms with Gasteiger partial charge in [-0.15, -0.1) is 0 Å². The van der Waals surface area contributed by atoms with Crippen molar-refractivity contribution < 1.29 is 34.0 Å². The number of ether oxygens (including phenoxy) is 3. The predicted octanol–water partition coefficient (Wildman–Crippen LogP) is 2.67. The third-order valence-electron chi connectivity index (χ3n) is 5.18.